The number of amides is 1. The molecule has 2 aromatic heterocycles. The maximum absolute atomic E-state index is 12.2. The van der Waals surface area contributed by atoms with Crippen LogP contribution in [0.5, 0.6) is 0 Å². The first-order chi connectivity index (χ1) is 13.0. The van der Waals surface area contributed by atoms with Gasteiger partial charge in [-0.15, -0.1) is 21.5 Å². The second-order valence-electron chi connectivity index (χ2n) is 5.75. The molecule has 27 heavy (non-hydrogen) atoms. The van der Waals surface area contributed by atoms with Crippen LogP contribution in [0.1, 0.15) is 10.4 Å². The van der Waals surface area contributed by atoms with Crippen LogP contribution in [0.25, 0.3) is 0 Å². The van der Waals surface area contributed by atoms with Crippen molar-refractivity contribution in [3.05, 3.63) is 62.6 Å². The zero-order valence-electron chi connectivity index (χ0n) is 14.5. The van der Waals surface area contributed by atoms with E-state index in [1.807, 2.05) is 16.0 Å². The minimum absolute atomic E-state index is 0.0860. The maximum Gasteiger partial charge on any atom is 0.293 e. The van der Waals surface area contributed by atoms with E-state index in [-0.39, 0.29) is 23.0 Å². The van der Waals surface area contributed by atoms with Crippen LogP contribution in [0.15, 0.2) is 47.2 Å². The molecule has 0 radical (unpaired) electrons. The molecule has 0 saturated carbocycles. The van der Waals surface area contributed by atoms with Gasteiger partial charge in [0.05, 0.1) is 10.7 Å². The molecule has 3 aromatic rings. The molecule has 10 heteroatoms. The summed E-state index contributed by atoms with van der Waals surface area (Å²) in [7, 11) is 0. The van der Waals surface area contributed by atoms with E-state index < -0.39 is 4.92 Å². The molecule has 0 unspecified atom stereocenters. The third kappa shape index (κ3) is 5.14. The van der Waals surface area contributed by atoms with Gasteiger partial charge >= 0.3 is 0 Å². The minimum atomic E-state index is -0.503. The van der Waals surface area contributed by atoms with E-state index in [9.17, 15) is 14.9 Å². The van der Waals surface area contributed by atoms with Gasteiger partial charge < -0.3 is 9.88 Å². The normalized spacial score (nSPS) is 10.7. The molecule has 0 saturated heterocycles. The summed E-state index contributed by atoms with van der Waals surface area (Å²) < 4.78 is 1.89. The first-order valence-corrected chi connectivity index (χ1v) is 9.97. The summed E-state index contributed by atoms with van der Waals surface area (Å²) in [5.74, 6) is -0.248. The standard InChI is InChI=1S/C17H17N5O3S2/c1-12-4-5-14(15(9-12)22(24)25)19-16(23)10-27-17-20-18-11-21(17)7-6-13-3-2-8-26-13/h2-5,8-9,11H,6-7,10H2,1H3,(H,19,23). The number of nitro benzene ring substituents is 1. The van der Waals surface area contributed by atoms with Crippen molar-refractivity contribution in [3.8, 4) is 0 Å². The van der Waals surface area contributed by atoms with E-state index >= 15 is 0 Å². The van der Waals surface area contributed by atoms with Gasteiger partial charge in [-0.05, 0) is 36.4 Å². The third-order valence-electron chi connectivity index (χ3n) is 3.72. The van der Waals surface area contributed by atoms with Crippen LogP contribution < -0.4 is 5.32 Å². The summed E-state index contributed by atoms with van der Waals surface area (Å²) >= 11 is 2.94. The van der Waals surface area contributed by atoms with Crippen molar-refractivity contribution in [1.82, 2.24) is 14.8 Å². The molecule has 0 bridgehead atoms. The number of carbonyl (C=O) groups excluding carboxylic acids is 1. The number of aryl methyl sites for hydroxylation is 3. The Morgan fingerprint density at radius 1 is 1.41 bits per heavy atom. The predicted octanol–water partition coefficient (Wildman–Crippen LogP) is 3.53. The Hall–Kier alpha value is -2.72. The van der Waals surface area contributed by atoms with Gasteiger partial charge in [-0.2, -0.15) is 0 Å². The summed E-state index contributed by atoms with van der Waals surface area (Å²) in [6.45, 7) is 2.48. The molecule has 0 aliphatic rings. The number of nitrogens with one attached hydrogen (secondary N) is 1. The number of rotatable bonds is 8. The van der Waals surface area contributed by atoms with E-state index in [1.165, 1.54) is 22.7 Å². The Morgan fingerprint density at radius 3 is 3.00 bits per heavy atom. The Morgan fingerprint density at radius 2 is 2.26 bits per heavy atom. The van der Waals surface area contributed by atoms with Crippen LogP contribution in [0, 0.1) is 17.0 Å². The fourth-order valence-electron chi connectivity index (χ4n) is 2.41. The van der Waals surface area contributed by atoms with E-state index in [1.54, 1.807) is 36.7 Å². The highest BCUT2D eigenvalue weighted by Gasteiger charge is 2.17. The average Bonchev–Trinajstić information content (AvgIpc) is 3.31. The minimum Gasteiger partial charge on any atom is -0.320 e. The van der Waals surface area contributed by atoms with Gasteiger partial charge in [-0.3, -0.25) is 14.9 Å². The van der Waals surface area contributed by atoms with Crippen molar-refractivity contribution in [2.24, 2.45) is 0 Å². The zero-order valence-corrected chi connectivity index (χ0v) is 16.1. The van der Waals surface area contributed by atoms with E-state index in [4.69, 9.17) is 0 Å². The molecule has 140 valence electrons. The highest BCUT2D eigenvalue weighted by atomic mass is 32.2. The van der Waals surface area contributed by atoms with Crippen molar-refractivity contribution in [3.63, 3.8) is 0 Å². The first kappa shape index (κ1) is 19.1. The quantitative estimate of drug-likeness (QED) is 0.351. The van der Waals surface area contributed by atoms with Crippen molar-refractivity contribution in [2.45, 2.75) is 25.0 Å². The predicted molar refractivity (Wildman–Crippen MR) is 105 cm³/mol. The largest absolute Gasteiger partial charge is 0.320 e. The maximum atomic E-state index is 12.2. The summed E-state index contributed by atoms with van der Waals surface area (Å²) in [5.41, 5.74) is 0.829. The van der Waals surface area contributed by atoms with Gasteiger partial charge in [-0.1, -0.05) is 23.9 Å². The molecule has 0 atom stereocenters. The van der Waals surface area contributed by atoms with Crippen molar-refractivity contribution >= 4 is 40.4 Å². The molecule has 1 aromatic carbocycles. The van der Waals surface area contributed by atoms with Gasteiger partial charge in [0.25, 0.3) is 5.69 Å². The number of hydrogen-bond donors (Lipinski definition) is 1. The van der Waals surface area contributed by atoms with Gasteiger partial charge in [0.2, 0.25) is 5.91 Å². The zero-order chi connectivity index (χ0) is 19.2. The fourth-order valence-corrected chi connectivity index (χ4v) is 3.85. The highest BCUT2D eigenvalue weighted by Crippen LogP contribution is 2.26. The molecule has 0 fully saturated rings. The smallest absolute Gasteiger partial charge is 0.293 e. The number of thioether (sulfide) groups is 1. The Kier molecular flexibility index (Phi) is 6.20. The summed E-state index contributed by atoms with van der Waals surface area (Å²) in [6.07, 6.45) is 2.50. The number of benzene rings is 1. The molecule has 8 nitrogen and oxygen atoms in total. The SMILES string of the molecule is Cc1ccc(NC(=O)CSc2nncn2CCc2cccs2)c([N+](=O)[O-])c1. The fraction of sp³-hybridized carbons (Fsp3) is 0.235. The van der Waals surface area contributed by atoms with Gasteiger partial charge in [0.1, 0.15) is 12.0 Å². The second-order valence-corrected chi connectivity index (χ2v) is 7.73. The van der Waals surface area contributed by atoms with Gasteiger partial charge in [0, 0.05) is 17.5 Å². The van der Waals surface area contributed by atoms with Crippen LogP contribution in [0.4, 0.5) is 11.4 Å². The molecule has 0 aliphatic heterocycles. The topological polar surface area (TPSA) is 103 Å². The molecule has 2 heterocycles. The molecular formula is C17H17N5O3S2. The van der Waals surface area contributed by atoms with Gasteiger partial charge in [-0.25, -0.2) is 0 Å². The number of anilines is 1. The number of hydrogen-bond acceptors (Lipinski definition) is 7. The first-order valence-electron chi connectivity index (χ1n) is 8.11. The van der Waals surface area contributed by atoms with E-state index in [0.29, 0.717) is 5.16 Å². The lowest BCUT2D eigenvalue weighted by Crippen LogP contribution is -2.15. The van der Waals surface area contributed by atoms with Gasteiger partial charge in [0.15, 0.2) is 5.16 Å². The number of thiophene rings is 1. The molecule has 1 N–H and O–H groups in total. The molecule has 0 spiro atoms. The molecule has 3 rings (SSSR count). The monoisotopic (exact) mass is 403 g/mol. The molecular weight excluding hydrogens is 386 g/mol. The number of nitrogens with zero attached hydrogens (tertiary/aromatic N) is 4. The van der Waals surface area contributed by atoms with Crippen molar-refractivity contribution < 1.29 is 9.72 Å². The summed E-state index contributed by atoms with van der Waals surface area (Å²) in [6, 6.07) is 8.78. The Labute approximate surface area is 163 Å². The second kappa shape index (κ2) is 8.78. The lowest BCUT2D eigenvalue weighted by Gasteiger charge is -2.07. The van der Waals surface area contributed by atoms with Crippen LogP contribution in [0.3, 0.4) is 0 Å². The lowest BCUT2D eigenvalue weighted by atomic mass is 10.2. The van der Waals surface area contributed by atoms with E-state index in [2.05, 4.69) is 21.6 Å². The molecule has 0 aliphatic carbocycles. The van der Waals surface area contributed by atoms with Crippen molar-refractivity contribution in [2.75, 3.05) is 11.1 Å². The summed E-state index contributed by atoms with van der Waals surface area (Å²) in [4.78, 5) is 24.1. The third-order valence-corrected chi connectivity index (χ3v) is 5.63. The highest BCUT2D eigenvalue weighted by molar-refractivity contribution is 7.99. The number of aromatic nitrogens is 3. The summed E-state index contributed by atoms with van der Waals surface area (Å²) in [5, 5.41) is 24.4. The van der Waals surface area contributed by atoms with Crippen LogP contribution in [-0.4, -0.2) is 31.3 Å². The average molecular weight is 403 g/mol. The number of nitro groups is 1. The van der Waals surface area contributed by atoms with E-state index in [0.717, 1.165) is 18.5 Å². The van der Waals surface area contributed by atoms with Crippen LogP contribution in [-0.2, 0) is 17.8 Å². The Balaban J connectivity index is 1.57. The lowest BCUT2D eigenvalue weighted by molar-refractivity contribution is -0.384. The number of carbonyl (C=O) groups is 1. The Bertz CT molecular complexity index is 940. The van der Waals surface area contributed by atoms with Crippen LogP contribution >= 0.6 is 23.1 Å². The van der Waals surface area contributed by atoms with Crippen molar-refractivity contribution in [1.29, 1.82) is 0 Å². The molecule has 1 amide bonds. The van der Waals surface area contributed by atoms with Crippen LogP contribution in [0.2, 0.25) is 0 Å².